The van der Waals surface area contributed by atoms with Crippen molar-refractivity contribution < 1.29 is 9.59 Å². The molecule has 110 valence electrons. The van der Waals surface area contributed by atoms with Gasteiger partial charge in [0.25, 0.3) is 11.8 Å². The van der Waals surface area contributed by atoms with Crippen molar-refractivity contribution in [2.45, 2.75) is 6.54 Å². The summed E-state index contributed by atoms with van der Waals surface area (Å²) < 4.78 is 0. The second-order valence-electron chi connectivity index (χ2n) is 4.62. The zero-order valence-corrected chi connectivity index (χ0v) is 12.5. The van der Waals surface area contributed by atoms with Gasteiger partial charge in [-0.3, -0.25) is 25.3 Å². The Labute approximate surface area is 127 Å². The van der Waals surface area contributed by atoms with Crippen LogP contribution in [0.3, 0.4) is 0 Å². The fourth-order valence-electron chi connectivity index (χ4n) is 1.80. The van der Waals surface area contributed by atoms with Crippen molar-refractivity contribution >= 4 is 23.2 Å². The van der Waals surface area contributed by atoms with Gasteiger partial charge < -0.3 is 0 Å². The Balaban J connectivity index is 1.73. The molecule has 0 aliphatic heterocycles. The summed E-state index contributed by atoms with van der Waals surface area (Å²) in [5.41, 5.74) is 5.32. The number of benzene rings is 1. The number of thiophene rings is 1. The van der Waals surface area contributed by atoms with E-state index in [1.54, 1.807) is 35.6 Å². The highest BCUT2D eigenvalue weighted by molar-refractivity contribution is 7.09. The molecular weight excluding hydrogens is 286 g/mol. The van der Waals surface area contributed by atoms with Crippen LogP contribution in [-0.2, 0) is 11.3 Å². The number of rotatable bonds is 5. The van der Waals surface area contributed by atoms with Crippen LogP contribution >= 0.6 is 11.3 Å². The van der Waals surface area contributed by atoms with Gasteiger partial charge in [0.1, 0.15) is 0 Å². The molecule has 0 unspecified atom stereocenters. The zero-order valence-electron chi connectivity index (χ0n) is 11.7. The minimum atomic E-state index is -0.329. The number of carbonyl (C=O) groups is 2. The number of hydrogen-bond acceptors (Lipinski definition) is 4. The van der Waals surface area contributed by atoms with Crippen LogP contribution in [0.15, 0.2) is 47.8 Å². The van der Waals surface area contributed by atoms with E-state index in [9.17, 15) is 9.59 Å². The van der Waals surface area contributed by atoms with Crippen molar-refractivity contribution in [2.24, 2.45) is 0 Å². The van der Waals surface area contributed by atoms with Gasteiger partial charge in [-0.1, -0.05) is 24.3 Å². The number of hydrogen-bond donors (Lipinski definition) is 2. The maximum absolute atomic E-state index is 11.8. The summed E-state index contributed by atoms with van der Waals surface area (Å²) in [7, 11) is 1.86. The molecule has 0 spiro atoms. The SMILES string of the molecule is CN(CC(=O)NNC(=O)c1ccccc1)Cc1cccs1. The lowest BCUT2D eigenvalue weighted by molar-refractivity contribution is -0.122. The van der Waals surface area contributed by atoms with Gasteiger partial charge >= 0.3 is 0 Å². The average Bonchev–Trinajstić information content (AvgIpc) is 2.98. The van der Waals surface area contributed by atoms with Crippen molar-refractivity contribution in [3.05, 3.63) is 58.3 Å². The Morgan fingerprint density at radius 1 is 1.10 bits per heavy atom. The first-order chi connectivity index (χ1) is 10.1. The van der Waals surface area contributed by atoms with Crippen LogP contribution in [0.25, 0.3) is 0 Å². The third-order valence-electron chi connectivity index (χ3n) is 2.77. The van der Waals surface area contributed by atoms with Crippen LogP contribution in [0.4, 0.5) is 0 Å². The first-order valence-corrected chi connectivity index (χ1v) is 7.38. The molecule has 6 heteroatoms. The molecule has 1 heterocycles. The smallest absolute Gasteiger partial charge is 0.269 e. The summed E-state index contributed by atoms with van der Waals surface area (Å²) >= 11 is 1.65. The second-order valence-corrected chi connectivity index (χ2v) is 5.65. The number of likely N-dealkylation sites (N-methyl/N-ethyl adjacent to an activating group) is 1. The molecule has 0 aliphatic carbocycles. The molecule has 0 atom stereocenters. The lowest BCUT2D eigenvalue weighted by Crippen LogP contribution is -2.45. The minimum absolute atomic E-state index is 0.215. The zero-order chi connectivity index (χ0) is 15.1. The molecule has 1 aromatic carbocycles. The second kappa shape index (κ2) is 7.56. The first kappa shape index (κ1) is 15.2. The maximum atomic E-state index is 11.8. The molecule has 0 saturated heterocycles. The highest BCUT2D eigenvalue weighted by atomic mass is 32.1. The van der Waals surface area contributed by atoms with Gasteiger partial charge in [-0.15, -0.1) is 11.3 Å². The molecule has 2 aromatic rings. The van der Waals surface area contributed by atoms with Crippen LogP contribution in [0, 0.1) is 0 Å². The molecule has 2 amide bonds. The summed E-state index contributed by atoms with van der Waals surface area (Å²) in [6, 6.07) is 12.7. The van der Waals surface area contributed by atoms with Crippen LogP contribution in [0.5, 0.6) is 0 Å². The van der Waals surface area contributed by atoms with Crippen molar-refractivity contribution in [1.29, 1.82) is 0 Å². The highest BCUT2D eigenvalue weighted by Gasteiger charge is 2.09. The van der Waals surface area contributed by atoms with Crippen LogP contribution in [0.2, 0.25) is 0 Å². The van der Waals surface area contributed by atoms with E-state index in [1.807, 2.05) is 35.5 Å². The summed E-state index contributed by atoms with van der Waals surface area (Å²) in [6.07, 6.45) is 0. The minimum Gasteiger partial charge on any atom is -0.292 e. The number of amides is 2. The maximum Gasteiger partial charge on any atom is 0.269 e. The monoisotopic (exact) mass is 303 g/mol. The van der Waals surface area contributed by atoms with Gasteiger partial charge in [-0.05, 0) is 30.6 Å². The van der Waals surface area contributed by atoms with Gasteiger partial charge in [-0.2, -0.15) is 0 Å². The fraction of sp³-hybridized carbons (Fsp3) is 0.200. The lowest BCUT2D eigenvalue weighted by Gasteiger charge is -2.15. The van der Waals surface area contributed by atoms with Crippen molar-refractivity contribution in [2.75, 3.05) is 13.6 Å². The van der Waals surface area contributed by atoms with Gasteiger partial charge in [0.2, 0.25) is 0 Å². The summed E-state index contributed by atoms with van der Waals surface area (Å²) in [5, 5.41) is 2.00. The number of carbonyl (C=O) groups excluding carboxylic acids is 2. The third-order valence-corrected chi connectivity index (χ3v) is 3.63. The van der Waals surface area contributed by atoms with E-state index in [0.29, 0.717) is 12.1 Å². The Bertz CT molecular complexity index is 584. The van der Waals surface area contributed by atoms with E-state index in [2.05, 4.69) is 10.9 Å². The van der Waals surface area contributed by atoms with Crippen molar-refractivity contribution in [1.82, 2.24) is 15.8 Å². The fourth-order valence-corrected chi connectivity index (χ4v) is 2.58. The van der Waals surface area contributed by atoms with Crippen LogP contribution < -0.4 is 10.9 Å². The van der Waals surface area contributed by atoms with E-state index in [0.717, 1.165) is 0 Å². The summed E-state index contributed by atoms with van der Waals surface area (Å²) in [5.74, 6) is -0.580. The topological polar surface area (TPSA) is 61.4 Å². The van der Waals surface area contributed by atoms with Crippen molar-refractivity contribution in [3.63, 3.8) is 0 Å². The third kappa shape index (κ3) is 5.02. The molecule has 2 rings (SSSR count). The molecule has 0 fully saturated rings. The van der Waals surface area contributed by atoms with E-state index in [-0.39, 0.29) is 18.4 Å². The summed E-state index contributed by atoms with van der Waals surface area (Å²) in [4.78, 5) is 26.6. The normalized spacial score (nSPS) is 10.4. The van der Waals surface area contributed by atoms with E-state index in [4.69, 9.17) is 0 Å². The van der Waals surface area contributed by atoms with E-state index >= 15 is 0 Å². The quantitative estimate of drug-likeness (QED) is 0.826. The molecule has 0 bridgehead atoms. The average molecular weight is 303 g/mol. The number of nitrogens with one attached hydrogen (secondary N) is 2. The molecule has 2 N–H and O–H groups in total. The Morgan fingerprint density at radius 2 is 1.86 bits per heavy atom. The standard InChI is InChI=1S/C15H17N3O2S/c1-18(10-13-8-5-9-21-13)11-14(19)16-17-15(20)12-6-3-2-4-7-12/h2-9H,10-11H2,1H3,(H,16,19)(H,17,20). The van der Waals surface area contributed by atoms with Crippen LogP contribution in [0.1, 0.15) is 15.2 Å². The number of hydrazine groups is 1. The van der Waals surface area contributed by atoms with Gasteiger partial charge in [0.05, 0.1) is 6.54 Å². The molecule has 0 aliphatic rings. The molecule has 21 heavy (non-hydrogen) atoms. The Morgan fingerprint density at radius 3 is 2.52 bits per heavy atom. The Kier molecular flexibility index (Phi) is 5.48. The predicted octanol–water partition coefficient (Wildman–Crippen LogP) is 1.64. The van der Waals surface area contributed by atoms with Gasteiger partial charge in [0, 0.05) is 17.0 Å². The molecule has 0 saturated carbocycles. The molecule has 1 aromatic heterocycles. The van der Waals surface area contributed by atoms with Crippen LogP contribution in [-0.4, -0.2) is 30.3 Å². The van der Waals surface area contributed by atoms with E-state index in [1.165, 1.54) is 4.88 Å². The predicted molar refractivity (Wildman–Crippen MR) is 82.7 cm³/mol. The van der Waals surface area contributed by atoms with Gasteiger partial charge in [0.15, 0.2) is 0 Å². The Hall–Kier alpha value is -2.18. The molecular formula is C15H17N3O2S. The highest BCUT2D eigenvalue weighted by Crippen LogP contribution is 2.10. The van der Waals surface area contributed by atoms with Crippen molar-refractivity contribution in [3.8, 4) is 0 Å². The molecule has 5 nitrogen and oxygen atoms in total. The van der Waals surface area contributed by atoms with E-state index < -0.39 is 0 Å². The molecule has 0 radical (unpaired) electrons. The summed E-state index contributed by atoms with van der Waals surface area (Å²) in [6.45, 7) is 0.921. The number of nitrogens with zero attached hydrogens (tertiary/aromatic N) is 1. The first-order valence-electron chi connectivity index (χ1n) is 6.50. The lowest BCUT2D eigenvalue weighted by atomic mass is 10.2. The van der Waals surface area contributed by atoms with Gasteiger partial charge in [-0.25, -0.2) is 0 Å². The largest absolute Gasteiger partial charge is 0.292 e.